The van der Waals surface area contributed by atoms with Crippen molar-refractivity contribution in [3.63, 3.8) is 0 Å². The maximum atomic E-state index is 12.4. The highest BCUT2D eigenvalue weighted by Gasteiger charge is 2.27. The first-order chi connectivity index (χ1) is 12.5. The molecular weight excluding hydrogens is 374 g/mol. The molecule has 0 saturated carbocycles. The first-order valence-corrected chi connectivity index (χ1v) is 9.68. The number of hydrogen-bond donors (Lipinski definition) is 1. The van der Waals surface area contributed by atoms with E-state index in [1.807, 2.05) is 31.4 Å². The second-order valence-electron chi connectivity index (χ2n) is 5.77. The molecule has 3 aromatic heterocycles. The van der Waals surface area contributed by atoms with E-state index in [-0.39, 0.29) is 24.3 Å². The number of carbonyl (C=O) groups excluding carboxylic acids is 2. The molecule has 1 N–H and O–H groups in total. The Hall–Kier alpha value is -2.52. The summed E-state index contributed by atoms with van der Waals surface area (Å²) in [6.07, 6.45) is 0. The van der Waals surface area contributed by atoms with Gasteiger partial charge in [-0.3, -0.25) is 4.79 Å². The van der Waals surface area contributed by atoms with Crippen LogP contribution in [0.3, 0.4) is 0 Å². The molecule has 0 aliphatic heterocycles. The predicted molar refractivity (Wildman–Crippen MR) is 97.8 cm³/mol. The van der Waals surface area contributed by atoms with Crippen LogP contribution in [0, 0.1) is 5.92 Å². The summed E-state index contributed by atoms with van der Waals surface area (Å²) < 4.78 is 10.4. The number of aromatic nitrogens is 2. The van der Waals surface area contributed by atoms with Crippen molar-refractivity contribution in [2.24, 2.45) is 5.92 Å². The van der Waals surface area contributed by atoms with Crippen LogP contribution in [0.2, 0.25) is 0 Å². The predicted octanol–water partition coefficient (Wildman–Crippen LogP) is 3.36. The van der Waals surface area contributed by atoms with E-state index in [0.29, 0.717) is 10.7 Å². The zero-order chi connectivity index (χ0) is 18.5. The van der Waals surface area contributed by atoms with Gasteiger partial charge in [0.25, 0.3) is 11.8 Å². The summed E-state index contributed by atoms with van der Waals surface area (Å²) in [5.74, 6) is -0.309. The lowest BCUT2D eigenvalue weighted by atomic mass is 10.0. The van der Waals surface area contributed by atoms with Crippen LogP contribution in [0.25, 0.3) is 10.7 Å². The van der Waals surface area contributed by atoms with E-state index >= 15 is 0 Å². The van der Waals surface area contributed by atoms with Crippen molar-refractivity contribution in [2.75, 3.05) is 0 Å². The van der Waals surface area contributed by atoms with Crippen LogP contribution >= 0.6 is 22.7 Å². The zero-order valence-electron chi connectivity index (χ0n) is 14.2. The average molecular weight is 391 g/mol. The van der Waals surface area contributed by atoms with Gasteiger partial charge in [0.15, 0.2) is 6.61 Å². The summed E-state index contributed by atoms with van der Waals surface area (Å²) in [5.41, 5.74) is 0. The third-order valence-corrected chi connectivity index (χ3v) is 5.23. The molecule has 0 aromatic carbocycles. The van der Waals surface area contributed by atoms with Gasteiger partial charge >= 0.3 is 5.97 Å². The van der Waals surface area contributed by atoms with Crippen LogP contribution in [0.5, 0.6) is 0 Å². The van der Waals surface area contributed by atoms with Gasteiger partial charge in [0.05, 0.1) is 9.75 Å². The van der Waals surface area contributed by atoms with Crippen molar-refractivity contribution in [3.05, 3.63) is 45.8 Å². The van der Waals surface area contributed by atoms with E-state index in [2.05, 4.69) is 15.5 Å². The fourth-order valence-electron chi connectivity index (χ4n) is 2.16. The molecule has 3 aromatic rings. The third kappa shape index (κ3) is 4.36. The molecule has 0 aliphatic carbocycles. The lowest BCUT2D eigenvalue weighted by Gasteiger charge is -2.20. The first-order valence-electron chi connectivity index (χ1n) is 7.92. The maximum Gasteiger partial charge on any atom is 0.329 e. The molecule has 3 rings (SSSR count). The Bertz CT molecular complexity index is 857. The SMILES string of the molecule is CC(C)C(NC(=O)c1cccs1)C(=O)OCc1nc(-c2cccs2)no1. The number of thiophene rings is 2. The highest BCUT2D eigenvalue weighted by molar-refractivity contribution is 7.13. The fourth-order valence-corrected chi connectivity index (χ4v) is 3.44. The van der Waals surface area contributed by atoms with E-state index < -0.39 is 12.0 Å². The van der Waals surface area contributed by atoms with Gasteiger partial charge in [-0.25, -0.2) is 4.79 Å². The van der Waals surface area contributed by atoms with Crippen LogP contribution in [-0.4, -0.2) is 28.1 Å². The van der Waals surface area contributed by atoms with Crippen LogP contribution in [0.15, 0.2) is 39.5 Å². The average Bonchev–Trinajstić information content (AvgIpc) is 3.38. The lowest BCUT2D eigenvalue weighted by molar-refractivity contribution is -0.149. The van der Waals surface area contributed by atoms with Crippen molar-refractivity contribution >= 4 is 34.6 Å². The number of nitrogens with zero attached hydrogens (tertiary/aromatic N) is 2. The standard InChI is InChI=1S/C17H17N3O4S2/c1-10(2)14(19-16(21)12-6-4-8-26-12)17(22)23-9-13-18-15(20-24-13)11-5-3-7-25-11/h3-8,10,14H,9H2,1-2H3,(H,19,21). The number of carbonyl (C=O) groups is 2. The van der Waals surface area contributed by atoms with E-state index in [0.717, 1.165) is 4.88 Å². The fraction of sp³-hybridized carbons (Fsp3) is 0.294. The van der Waals surface area contributed by atoms with Crippen molar-refractivity contribution in [3.8, 4) is 10.7 Å². The van der Waals surface area contributed by atoms with Gasteiger partial charge in [0.1, 0.15) is 6.04 Å². The van der Waals surface area contributed by atoms with Crippen molar-refractivity contribution in [1.82, 2.24) is 15.5 Å². The van der Waals surface area contributed by atoms with Gasteiger partial charge in [-0.1, -0.05) is 31.1 Å². The largest absolute Gasteiger partial charge is 0.454 e. The monoisotopic (exact) mass is 391 g/mol. The molecular formula is C17H17N3O4S2. The third-order valence-electron chi connectivity index (χ3n) is 3.50. The second kappa shape index (κ2) is 8.24. The summed E-state index contributed by atoms with van der Waals surface area (Å²) >= 11 is 2.80. The first kappa shape index (κ1) is 18.3. The molecule has 0 spiro atoms. The highest BCUT2D eigenvalue weighted by Crippen LogP contribution is 2.21. The smallest absolute Gasteiger partial charge is 0.329 e. The van der Waals surface area contributed by atoms with E-state index in [1.54, 1.807) is 17.5 Å². The van der Waals surface area contributed by atoms with E-state index in [1.165, 1.54) is 22.7 Å². The second-order valence-corrected chi connectivity index (χ2v) is 7.66. The number of amides is 1. The summed E-state index contributed by atoms with van der Waals surface area (Å²) in [6.45, 7) is 3.53. The van der Waals surface area contributed by atoms with Gasteiger partial charge in [-0.2, -0.15) is 4.98 Å². The van der Waals surface area contributed by atoms with Crippen molar-refractivity contribution in [2.45, 2.75) is 26.5 Å². The topological polar surface area (TPSA) is 94.3 Å². The molecule has 136 valence electrons. The molecule has 0 aliphatic rings. The number of esters is 1. The van der Waals surface area contributed by atoms with Crippen LogP contribution in [-0.2, 0) is 16.1 Å². The molecule has 0 radical (unpaired) electrons. The molecule has 3 heterocycles. The van der Waals surface area contributed by atoms with Gasteiger partial charge in [-0.05, 0) is 28.8 Å². The maximum absolute atomic E-state index is 12.4. The Labute approximate surface area is 158 Å². The molecule has 0 fully saturated rings. The molecule has 0 saturated heterocycles. The van der Waals surface area contributed by atoms with Crippen LogP contribution < -0.4 is 5.32 Å². The molecule has 1 atom stereocenters. The summed E-state index contributed by atoms with van der Waals surface area (Å²) in [5, 5.41) is 10.3. The summed E-state index contributed by atoms with van der Waals surface area (Å²) in [4.78, 5) is 30.2. The number of hydrogen-bond acceptors (Lipinski definition) is 8. The normalized spacial score (nSPS) is 12.1. The van der Waals surface area contributed by atoms with Crippen LogP contribution in [0.4, 0.5) is 0 Å². The van der Waals surface area contributed by atoms with E-state index in [4.69, 9.17) is 9.26 Å². The van der Waals surface area contributed by atoms with Crippen molar-refractivity contribution in [1.29, 1.82) is 0 Å². The summed E-state index contributed by atoms with van der Waals surface area (Å²) in [6, 6.07) is 6.49. The minimum atomic E-state index is -0.760. The Morgan fingerprint density at radius 2 is 2.00 bits per heavy atom. The van der Waals surface area contributed by atoms with Crippen molar-refractivity contribution < 1.29 is 18.8 Å². The minimum Gasteiger partial charge on any atom is -0.454 e. The molecule has 7 nitrogen and oxygen atoms in total. The number of rotatable bonds is 7. The van der Waals surface area contributed by atoms with Gasteiger partial charge in [-0.15, -0.1) is 22.7 Å². The lowest BCUT2D eigenvalue weighted by Crippen LogP contribution is -2.45. The molecule has 1 unspecified atom stereocenters. The quantitative estimate of drug-likeness (QED) is 0.621. The van der Waals surface area contributed by atoms with Gasteiger partial charge in [0.2, 0.25) is 5.82 Å². The molecule has 9 heteroatoms. The number of ether oxygens (including phenoxy) is 1. The molecule has 0 bridgehead atoms. The Kier molecular flexibility index (Phi) is 5.79. The zero-order valence-corrected chi connectivity index (χ0v) is 15.8. The molecule has 26 heavy (non-hydrogen) atoms. The Balaban J connectivity index is 1.59. The van der Waals surface area contributed by atoms with Gasteiger partial charge < -0.3 is 14.6 Å². The Morgan fingerprint density at radius 3 is 2.65 bits per heavy atom. The Morgan fingerprint density at radius 1 is 1.23 bits per heavy atom. The van der Waals surface area contributed by atoms with E-state index in [9.17, 15) is 9.59 Å². The molecule has 1 amide bonds. The highest BCUT2D eigenvalue weighted by atomic mass is 32.1. The van der Waals surface area contributed by atoms with Gasteiger partial charge in [0, 0.05) is 0 Å². The van der Waals surface area contributed by atoms with Crippen LogP contribution in [0.1, 0.15) is 29.4 Å². The number of nitrogens with one attached hydrogen (secondary N) is 1. The minimum absolute atomic E-state index is 0.129. The summed E-state index contributed by atoms with van der Waals surface area (Å²) in [7, 11) is 0.